The van der Waals surface area contributed by atoms with Crippen molar-refractivity contribution < 1.29 is 0 Å². The van der Waals surface area contributed by atoms with Crippen LogP contribution in [0.1, 0.15) is 11.1 Å². The van der Waals surface area contributed by atoms with Gasteiger partial charge in [-0.15, -0.1) is 0 Å². The van der Waals surface area contributed by atoms with Crippen molar-refractivity contribution in [2.75, 3.05) is 5.32 Å². The normalized spacial score (nSPS) is 10.3. The second kappa shape index (κ2) is 5.90. The highest BCUT2D eigenvalue weighted by Crippen LogP contribution is 2.26. The fourth-order valence-electron chi connectivity index (χ4n) is 1.71. The number of nitrogens with two attached hydrogens (primary N) is 1. The van der Waals surface area contributed by atoms with Gasteiger partial charge in [-0.1, -0.05) is 39.7 Å². The van der Waals surface area contributed by atoms with Gasteiger partial charge in [-0.3, -0.25) is 0 Å². The Balaban J connectivity index is 2.37. The summed E-state index contributed by atoms with van der Waals surface area (Å²) in [5.41, 5.74) is 9.42. The zero-order valence-corrected chi connectivity index (χ0v) is 13.4. The summed E-state index contributed by atoms with van der Waals surface area (Å²) in [4.78, 5) is 0.318. The molecule has 0 saturated heterocycles. The summed E-state index contributed by atoms with van der Waals surface area (Å²) in [5, 5.41) is 3.91. The Hall–Kier alpha value is -1.10. The number of halogens is 2. The first-order chi connectivity index (χ1) is 8.97. The molecule has 0 bridgehead atoms. The Bertz CT molecular complexity index is 643. The van der Waals surface area contributed by atoms with Gasteiger partial charge in [0.1, 0.15) is 4.99 Å². The first-order valence-corrected chi connectivity index (χ1v) is 7.18. The molecule has 0 aliphatic rings. The Labute approximate surface area is 131 Å². The molecule has 0 unspecified atom stereocenters. The van der Waals surface area contributed by atoms with Crippen molar-refractivity contribution >= 4 is 56.1 Å². The molecule has 0 fully saturated rings. The van der Waals surface area contributed by atoms with Crippen molar-refractivity contribution in [3.8, 4) is 0 Å². The Morgan fingerprint density at radius 1 is 1.26 bits per heavy atom. The maximum atomic E-state index is 5.96. The van der Waals surface area contributed by atoms with E-state index in [-0.39, 0.29) is 0 Å². The van der Waals surface area contributed by atoms with Gasteiger partial charge in [-0.2, -0.15) is 0 Å². The lowest BCUT2D eigenvalue weighted by Crippen LogP contribution is -2.11. The maximum absolute atomic E-state index is 5.96. The van der Waals surface area contributed by atoms with E-state index in [2.05, 4.69) is 21.2 Å². The van der Waals surface area contributed by atoms with Crippen LogP contribution in [0.25, 0.3) is 0 Å². The van der Waals surface area contributed by atoms with Crippen LogP contribution in [0.3, 0.4) is 0 Å². The van der Waals surface area contributed by atoms with E-state index in [1.807, 2.05) is 31.2 Å². The summed E-state index contributed by atoms with van der Waals surface area (Å²) >= 11 is 14.5. The van der Waals surface area contributed by atoms with Crippen LogP contribution in [0.2, 0.25) is 5.02 Å². The van der Waals surface area contributed by atoms with Crippen molar-refractivity contribution in [2.45, 2.75) is 6.92 Å². The third kappa shape index (κ3) is 3.47. The molecule has 0 heterocycles. The van der Waals surface area contributed by atoms with E-state index in [0.717, 1.165) is 27.0 Å². The van der Waals surface area contributed by atoms with Crippen LogP contribution in [0.5, 0.6) is 0 Å². The van der Waals surface area contributed by atoms with Crippen LogP contribution in [0.4, 0.5) is 11.4 Å². The van der Waals surface area contributed by atoms with Crippen molar-refractivity contribution in [2.24, 2.45) is 5.73 Å². The topological polar surface area (TPSA) is 38.0 Å². The molecule has 0 radical (unpaired) electrons. The molecule has 0 saturated carbocycles. The monoisotopic (exact) mass is 354 g/mol. The zero-order valence-electron chi connectivity index (χ0n) is 10.2. The third-order valence-electron chi connectivity index (χ3n) is 2.68. The van der Waals surface area contributed by atoms with Crippen LogP contribution >= 0.6 is 39.7 Å². The SMILES string of the molecule is Cc1cc(Nc2ccc(Cl)cc2C(N)=S)ccc1Br. The summed E-state index contributed by atoms with van der Waals surface area (Å²) in [7, 11) is 0. The Morgan fingerprint density at radius 3 is 2.63 bits per heavy atom. The lowest BCUT2D eigenvalue weighted by atomic mass is 10.1. The van der Waals surface area contributed by atoms with Crippen molar-refractivity contribution in [1.82, 2.24) is 0 Å². The Kier molecular flexibility index (Phi) is 4.45. The molecular weight excluding hydrogens is 344 g/mol. The van der Waals surface area contributed by atoms with E-state index >= 15 is 0 Å². The number of thiocarbonyl (C=S) groups is 1. The molecule has 2 aromatic rings. The summed E-state index contributed by atoms with van der Waals surface area (Å²) in [5.74, 6) is 0. The number of benzene rings is 2. The van der Waals surface area contributed by atoms with Crippen LogP contribution in [0, 0.1) is 6.92 Å². The molecule has 19 heavy (non-hydrogen) atoms. The molecule has 2 rings (SSSR count). The summed E-state index contributed by atoms with van der Waals surface area (Å²) < 4.78 is 1.07. The number of hydrogen-bond acceptors (Lipinski definition) is 2. The number of nitrogens with one attached hydrogen (secondary N) is 1. The van der Waals surface area contributed by atoms with Gasteiger partial charge in [0.2, 0.25) is 0 Å². The quantitative estimate of drug-likeness (QED) is 0.778. The molecule has 0 amide bonds. The highest BCUT2D eigenvalue weighted by atomic mass is 79.9. The fourth-order valence-corrected chi connectivity index (χ4v) is 2.29. The highest BCUT2D eigenvalue weighted by molar-refractivity contribution is 9.10. The minimum absolute atomic E-state index is 0.318. The van der Waals surface area contributed by atoms with E-state index in [9.17, 15) is 0 Å². The zero-order chi connectivity index (χ0) is 14.0. The summed E-state index contributed by atoms with van der Waals surface area (Å²) in [6, 6.07) is 11.5. The van der Waals surface area contributed by atoms with E-state index in [4.69, 9.17) is 29.6 Å². The summed E-state index contributed by atoms with van der Waals surface area (Å²) in [6.45, 7) is 2.03. The molecule has 2 nitrogen and oxygen atoms in total. The van der Waals surface area contributed by atoms with Gasteiger partial charge < -0.3 is 11.1 Å². The van der Waals surface area contributed by atoms with Crippen molar-refractivity contribution in [1.29, 1.82) is 0 Å². The van der Waals surface area contributed by atoms with Gasteiger partial charge in [0.15, 0.2) is 0 Å². The van der Waals surface area contributed by atoms with Gasteiger partial charge in [0.05, 0.1) is 0 Å². The first kappa shape index (κ1) is 14.3. The van der Waals surface area contributed by atoms with Crippen LogP contribution in [0.15, 0.2) is 40.9 Å². The number of aryl methyl sites for hydroxylation is 1. The number of hydrogen-bond donors (Lipinski definition) is 2. The second-order valence-electron chi connectivity index (χ2n) is 4.14. The number of rotatable bonds is 3. The molecule has 0 atom stereocenters. The first-order valence-electron chi connectivity index (χ1n) is 5.60. The molecule has 0 aliphatic heterocycles. The lowest BCUT2D eigenvalue weighted by molar-refractivity contribution is 1.41. The maximum Gasteiger partial charge on any atom is 0.106 e. The lowest BCUT2D eigenvalue weighted by Gasteiger charge is -2.12. The average molecular weight is 356 g/mol. The molecule has 5 heteroatoms. The van der Waals surface area contributed by atoms with Crippen molar-refractivity contribution in [3.05, 3.63) is 57.0 Å². The van der Waals surface area contributed by atoms with Gasteiger partial charge in [0.25, 0.3) is 0 Å². The predicted octanol–water partition coefficient (Wildman–Crippen LogP) is 4.79. The minimum atomic E-state index is 0.318. The van der Waals surface area contributed by atoms with Gasteiger partial charge in [-0.05, 0) is 48.9 Å². The van der Waals surface area contributed by atoms with Crippen LogP contribution < -0.4 is 11.1 Å². The molecule has 0 aromatic heterocycles. The largest absolute Gasteiger partial charge is 0.389 e. The van der Waals surface area contributed by atoms with Crippen molar-refractivity contribution in [3.63, 3.8) is 0 Å². The summed E-state index contributed by atoms with van der Waals surface area (Å²) in [6.07, 6.45) is 0. The van der Waals surface area contributed by atoms with Crippen LogP contribution in [-0.4, -0.2) is 4.99 Å². The highest BCUT2D eigenvalue weighted by Gasteiger charge is 2.07. The van der Waals surface area contributed by atoms with E-state index < -0.39 is 0 Å². The van der Waals surface area contributed by atoms with E-state index in [0.29, 0.717) is 10.0 Å². The fraction of sp³-hybridized carbons (Fsp3) is 0.0714. The van der Waals surface area contributed by atoms with E-state index in [1.54, 1.807) is 12.1 Å². The van der Waals surface area contributed by atoms with Gasteiger partial charge in [0, 0.05) is 26.4 Å². The molecule has 0 spiro atoms. The van der Waals surface area contributed by atoms with E-state index in [1.165, 1.54) is 0 Å². The second-order valence-corrected chi connectivity index (χ2v) is 5.87. The number of anilines is 2. The van der Waals surface area contributed by atoms with Gasteiger partial charge in [-0.25, -0.2) is 0 Å². The standard InChI is InChI=1S/C14H12BrClN2S/c1-8-6-10(3-4-12(8)15)18-13-5-2-9(16)7-11(13)14(17)19/h2-7,18H,1H3,(H2,17,19). The molecular formula is C14H12BrClN2S. The predicted molar refractivity (Wildman–Crippen MR) is 89.5 cm³/mol. The molecule has 0 aliphatic carbocycles. The molecule has 98 valence electrons. The molecule has 3 N–H and O–H groups in total. The average Bonchev–Trinajstić information content (AvgIpc) is 2.36. The Morgan fingerprint density at radius 2 is 2.00 bits per heavy atom. The van der Waals surface area contributed by atoms with Crippen LogP contribution in [-0.2, 0) is 0 Å². The smallest absolute Gasteiger partial charge is 0.106 e. The minimum Gasteiger partial charge on any atom is -0.389 e. The molecule has 2 aromatic carbocycles. The van der Waals surface area contributed by atoms with Gasteiger partial charge >= 0.3 is 0 Å². The third-order valence-corrected chi connectivity index (χ3v) is 4.03.